The molecule has 0 bridgehead atoms. The molecule has 0 aromatic heterocycles. The first-order valence-corrected chi connectivity index (χ1v) is 15.1. The Balaban J connectivity index is 1.53. The Morgan fingerprint density at radius 2 is 1.65 bits per heavy atom. The molecule has 1 saturated heterocycles. The normalized spacial score (nSPS) is 14.3. The maximum absolute atomic E-state index is 14.4. The number of methoxy groups -OCH3 is 2. The van der Waals surface area contributed by atoms with Crippen molar-refractivity contribution in [1.29, 1.82) is 0 Å². The van der Waals surface area contributed by atoms with Crippen molar-refractivity contribution in [2.75, 3.05) is 27.3 Å². The lowest BCUT2D eigenvalue weighted by molar-refractivity contribution is -0.139. The second-order valence-electron chi connectivity index (χ2n) is 10.7. The number of ether oxygens (including phenoxy) is 2. The highest BCUT2D eigenvalue weighted by atomic mass is 79.9. The van der Waals surface area contributed by atoms with Gasteiger partial charge in [0.2, 0.25) is 0 Å². The van der Waals surface area contributed by atoms with E-state index in [1.54, 1.807) is 14.2 Å². The first-order valence-electron chi connectivity index (χ1n) is 14.3. The van der Waals surface area contributed by atoms with Crippen LogP contribution in [0.15, 0.2) is 71.2 Å². The molecule has 9 heteroatoms. The Hall–Kier alpha value is -3.95. The SMILES string of the molecule is COc1ccc(CN2CCCCC2)c(OC)c1-c1cccc2c(C[C@H](NC(=O)c3c(F)cccc3Br)C(=O)O)cccc12. The molecule has 7 nitrogen and oxygen atoms in total. The first kappa shape index (κ1) is 30.5. The summed E-state index contributed by atoms with van der Waals surface area (Å²) in [5.41, 5.74) is 3.27. The number of carbonyl (C=O) groups excluding carboxylic acids is 1. The molecule has 1 amide bonds. The quantitative estimate of drug-likeness (QED) is 0.196. The van der Waals surface area contributed by atoms with Gasteiger partial charge in [0.05, 0.1) is 25.3 Å². The van der Waals surface area contributed by atoms with E-state index >= 15 is 0 Å². The van der Waals surface area contributed by atoms with Crippen LogP contribution in [0.5, 0.6) is 11.5 Å². The number of hydrogen-bond donors (Lipinski definition) is 2. The van der Waals surface area contributed by atoms with Crippen LogP contribution in [-0.2, 0) is 17.8 Å². The highest BCUT2D eigenvalue weighted by molar-refractivity contribution is 9.10. The fourth-order valence-corrected chi connectivity index (χ4v) is 6.41. The summed E-state index contributed by atoms with van der Waals surface area (Å²) in [6.07, 6.45) is 3.63. The average Bonchev–Trinajstić information content (AvgIpc) is 3.00. The van der Waals surface area contributed by atoms with E-state index in [2.05, 4.69) is 32.2 Å². The van der Waals surface area contributed by atoms with Gasteiger partial charge in [-0.25, -0.2) is 9.18 Å². The van der Waals surface area contributed by atoms with Crippen LogP contribution < -0.4 is 14.8 Å². The maximum Gasteiger partial charge on any atom is 0.326 e. The largest absolute Gasteiger partial charge is 0.496 e. The van der Waals surface area contributed by atoms with E-state index in [-0.39, 0.29) is 16.5 Å². The van der Waals surface area contributed by atoms with Crippen molar-refractivity contribution < 1.29 is 28.6 Å². The Morgan fingerprint density at radius 1 is 0.930 bits per heavy atom. The van der Waals surface area contributed by atoms with Crippen LogP contribution in [-0.4, -0.2) is 55.2 Å². The fourth-order valence-electron chi connectivity index (χ4n) is 5.89. The van der Waals surface area contributed by atoms with Gasteiger partial charge in [0.25, 0.3) is 5.91 Å². The van der Waals surface area contributed by atoms with Gasteiger partial charge in [0, 0.05) is 23.0 Å². The Morgan fingerprint density at radius 3 is 2.35 bits per heavy atom. The van der Waals surface area contributed by atoms with Gasteiger partial charge in [-0.05, 0) is 82.0 Å². The number of aliphatic carboxylic acids is 1. The molecule has 1 fully saturated rings. The lowest BCUT2D eigenvalue weighted by Gasteiger charge is -2.28. The second kappa shape index (κ2) is 13.6. The molecule has 5 rings (SSSR count). The number of amides is 1. The van der Waals surface area contributed by atoms with E-state index in [0.29, 0.717) is 5.75 Å². The van der Waals surface area contributed by atoms with Crippen molar-refractivity contribution in [3.8, 4) is 22.6 Å². The van der Waals surface area contributed by atoms with Gasteiger partial charge in [0.15, 0.2) is 0 Å². The standard InChI is InChI=1S/C34H34BrFN2O5/c1-42-29-16-15-22(20-38-17-4-3-5-18-38)32(43-2)30(29)25-12-7-10-23-21(9-6-11-24(23)25)19-28(34(40)41)37-33(39)31-26(35)13-8-14-27(31)36/h6-16,28H,3-5,17-20H2,1-2H3,(H,37,39)(H,40,41)/t28-/m0/s1. The molecule has 0 aliphatic carbocycles. The van der Waals surface area contributed by atoms with Crippen molar-refractivity contribution in [3.63, 3.8) is 0 Å². The zero-order valence-corrected chi connectivity index (χ0v) is 25.7. The number of nitrogens with zero attached hydrogens (tertiary/aromatic N) is 1. The van der Waals surface area contributed by atoms with E-state index in [9.17, 15) is 19.1 Å². The van der Waals surface area contributed by atoms with Crippen LogP contribution in [0.1, 0.15) is 40.7 Å². The third kappa shape index (κ3) is 6.53. The van der Waals surface area contributed by atoms with Crippen LogP contribution in [0.25, 0.3) is 21.9 Å². The summed E-state index contributed by atoms with van der Waals surface area (Å²) in [6.45, 7) is 2.88. The number of rotatable bonds is 10. The molecule has 224 valence electrons. The number of halogens is 2. The molecule has 4 aromatic carbocycles. The summed E-state index contributed by atoms with van der Waals surface area (Å²) >= 11 is 3.19. The van der Waals surface area contributed by atoms with Crippen molar-refractivity contribution in [1.82, 2.24) is 10.2 Å². The molecular formula is C34H34BrFN2O5. The van der Waals surface area contributed by atoms with Crippen LogP contribution in [0.4, 0.5) is 4.39 Å². The van der Waals surface area contributed by atoms with E-state index in [4.69, 9.17) is 9.47 Å². The molecule has 1 aliphatic rings. The minimum atomic E-state index is -1.29. The number of fused-ring (bicyclic) bond motifs is 1. The minimum Gasteiger partial charge on any atom is -0.496 e. The van der Waals surface area contributed by atoms with E-state index < -0.39 is 23.7 Å². The lowest BCUT2D eigenvalue weighted by Crippen LogP contribution is -2.42. The number of benzene rings is 4. The number of nitrogens with one attached hydrogen (secondary N) is 1. The number of hydrogen-bond acceptors (Lipinski definition) is 5. The molecule has 1 heterocycles. The van der Waals surface area contributed by atoms with Gasteiger partial charge in [-0.2, -0.15) is 0 Å². The second-order valence-corrected chi connectivity index (χ2v) is 11.5. The van der Waals surface area contributed by atoms with Crippen molar-refractivity contribution in [2.45, 2.75) is 38.3 Å². The molecule has 43 heavy (non-hydrogen) atoms. The van der Waals surface area contributed by atoms with Crippen LogP contribution in [0.2, 0.25) is 0 Å². The monoisotopic (exact) mass is 648 g/mol. The smallest absolute Gasteiger partial charge is 0.326 e. The molecule has 4 aromatic rings. The number of carboxylic acid groups (broad SMARTS) is 1. The van der Waals surface area contributed by atoms with Crippen LogP contribution >= 0.6 is 15.9 Å². The molecule has 0 spiro atoms. The molecule has 0 saturated carbocycles. The van der Waals surface area contributed by atoms with Gasteiger partial charge in [-0.3, -0.25) is 9.69 Å². The molecule has 0 unspecified atom stereocenters. The molecular weight excluding hydrogens is 615 g/mol. The third-order valence-corrected chi connectivity index (χ3v) is 8.63. The fraction of sp³-hybridized carbons (Fsp3) is 0.294. The van der Waals surface area contributed by atoms with E-state index in [0.717, 1.165) is 64.5 Å². The topological polar surface area (TPSA) is 88.1 Å². The lowest BCUT2D eigenvalue weighted by atomic mass is 9.91. The number of likely N-dealkylation sites (tertiary alicyclic amines) is 1. The zero-order valence-electron chi connectivity index (χ0n) is 24.2. The highest BCUT2D eigenvalue weighted by Gasteiger charge is 2.26. The van der Waals surface area contributed by atoms with Gasteiger partial charge in [0.1, 0.15) is 23.4 Å². The summed E-state index contributed by atoms with van der Waals surface area (Å²) in [4.78, 5) is 27.7. The van der Waals surface area contributed by atoms with Crippen molar-refractivity contribution in [2.24, 2.45) is 0 Å². The van der Waals surface area contributed by atoms with Gasteiger partial charge in [-0.1, -0.05) is 55.0 Å². The van der Waals surface area contributed by atoms with Crippen LogP contribution in [0, 0.1) is 5.82 Å². The summed E-state index contributed by atoms with van der Waals surface area (Å²) in [6, 6.07) is 18.4. The van der Waals surface area contributed by atoms with Crippen molar-refractivity contribution >= 4 is 38.6 Å². The first-order chi connectivity index (χ1) is 20.8. The summed E-state index contributed by atoms with van der Waals surface area (Å²) in [5, 5.41) is 14.2. The van der Waals surface area contributed by atoms with E-state index in [1.165, 1.54) is 31.4 Å². The predicted molar refractivity (Wildman–Crippen MR) is 168 cm³/mol. The number of carbonyl (C=O) groups is 2. The van der Waals surface area contributed by atoms with E-state index in [1.807, 2.05) is 42.5 Å². The van der Waals surface area contributed by atoms with Gasteiger partial charge < -0.3 is 19.9 Å². The maximum atomic E-state index is 14.4. The number of carboxylic acids is 1. The molecule has 1 aliphatic heterocycles. The number of piperidine rings is 1. The minimum absolute atomic E-state index is 0.00277. The Labute approximate surface area is 258 Å². The van der Waals surface area contributed by atoms with Gasteiger partial charge >= 0.3 is 5.97 Å². The zero-order chi connectivity index (χ0) is 30.5. The highest BCUT2D eigenvalue weighted by Crippen LogP contribution is 2.44. The summed E-state index contributed by atoms with van der Waals surface area (Å²) in [7, 11) is 3.30. The summed E-state index contributed by atoms with van der Waals surface area (Å²) in [5.74, 6) is -1.35. The van der Waals surface area contributed by atoms with Crippen LogP contribution in [0.3, 0.4) is 0 Å². The summed E-state index contributed by atoms with van der Waals surface area (Å²) < 4.78 is 26.5. The van der Waals surface area contributed by atoms with Crippen molar-refractivity contribution in [3.05, 3.63) is 93.7 Å². The Bertz CT molecular complexity index is 1630. The average molecular weight is 650 g/mol. The third-order valence-electron chi connectivity index (χ3n) is 7.97. The molecule has 2 N–H and O–H groups in total. The van der Waals surface area contributed by atoms with Gasteiger partial charge in [-0.15, -0.1) is 0 Å². The Kier molecular flexibility index (Phi) is 9.62. The predicted octanol–water partition coefficient (Wildman–Crippen LogP) is 6.84. The molecule has 1 atom stereocenters. The molecule has 0 radical (unpaired) electrons.